The van der Waals surface area contributed by atoms with Crippen molar-refractivity contribution in [2.24, 2.45) is 4.99 Å². The number of hydrogen-bond donors (Lipinski definition) is 1. The average Bonchev–Trinajstić information content (AvgIpc) is 2.94. The van der Waals surface area contributed by atoms with Crippen LogP contribution in [0.15, 0.2) is 58.4 Å². The molecule has 1 aliphatic rings. The first-order valence-electron chi connectivity index (χ1n) is 7.63. The monoisotopic (exact) mass is 418 g/mol. The van der Waals surface area contributed by atoms with E-state index in [1.165, 1.54) is 53.4 Å². The third kappa shape index (κ3) is 3.80. The van der Waals surface area contributed by atoms with Crippen molar-refractivity contribution in [3.8, 4) is 0 Å². The molecular formula is C17H14ClF3N2O3S. The third-order valence-electron chi connectivity index (χ3n) is 4.06. The lowest BCUT2D eigenvalue weighted by atomic mass is 10.1. The zero-order valence-corrected chi connectivity index (χ0v) is 15.5. The van der Waals surface area contributed by atoms with Crippen LogP contribution >= 0.6 is 11.6 Å². The first-order valence-corrected chi connectivity index (χ1v) is 9.90. The van der Waals surface area contributed by atoms with Crippen molar-refractivity contribution in [2.45, 2.75) is 16.8 Å². The Morgan fingerprint density at radius 1 is 1.11 bits per heavy atom. The molecule has 1 heterocycles. The molecule has 0 bridgehead atoms. The highest BCUT2D eigenvalue weighted by Crippen LogP contribution is 2.39. The minimum atomic E-state index is -4.98. The number of halogens is 4. The van der Waals surface area contributed by atoms with Gasteiger partial charge in [-0.15, -0.1) is 0 Å². The molecule has 0 amide bonds. The number of hydrogen-bond acceptors (Lipinski definition) is 5. The first kappa shape index (κ1) is 19.7. The molecule has 1 atom stereocenters. The van der Waals surface area contributed by atoms with E-state index >= 15 is 0 Å². The smallest absolute Gasteiger partial charge is 0.361 e. The highest BCUT2D eigenvalue weighted by atomic mass is 35.5. The van der Waals surface area contributed by atoms with Crippen LogP contribution in [0.25, 0.3) is 0 Å². The van der Waals surface area contributed by atoms with Gasteiger partial charge in [-0.1, -0.05) is 11.6 Å². The van der Waals surface area contributed by atoms with Crippen LogP contribution in [0.1, 0.15) is 5.56 Å². The topological polar surface area (TPSA) is 70.0 Å². The molecule has 5 nitrogen and oxygen atoms in total. The molecular weight excluding hydrogens is 405 g/mol. The van der Waals surface area contributed by atoms with E-state index in [-0.39, 0.29) is 16.3 Å². The van der Waals surface area contributed by atoms with Gasteiger partial charge >= 0.3 is 6.18 Å². The van der Waals surface area contributed by atoms with E-state index in [2.05, 4.69) is 4.99 Å². The van der Waals surface area contributed by atoms with Crippen LogP contribution in [-0.4, -0.2) is 44.1 Å². The SMILES string of the molecule is CS(=O)(=O)c1ccc(C2=NC(O)(C(F)(F)F)CN2c2ccc(Cl)cc2)cc1. The number of amidine groups is 1. The van der Waals surface area contributed by atoms with Gasteiger partial charge in [0.05, 0.1) is 11.4 Å². The molecule has 1 unspecified atom stereocenters. The van der Waals surface area contributed by atoms with E-state index in [1.54, 1.807) is 0 Å². The maximum atomic E-state index is 13.3. The van der Waals surface area contributed by atoms with Gasteiger partial charge in [-0.05, 0) is 48.5 Å². The molecule has 27 heavy (non-hydrogen) atoms. The second kappa shape index (κ2) is 6.50. The summed E-state index contributed by atoms with van der Waals surface area (Å²) >= 11 is 5.83. The van der Waals surface area contributed by atoms with Gasteiger partial charge in [-0.2, -0.15) is 13.2 Å². The molecule has 0 radical (unpaired) electrons. The van der Waals surface area contributed by atoms with Crippen LogP contribution < -0.4 is 4.90 Å². The number of rotatable bonds is 3. The maximum Gasteiger partial charge on any atom is 0.440 e. The summed E-state index contributed by atoms with van der Waals surface area (Å²) in [6.45, 7) is -0.832. The fraction of sp³-hybridized carbons (Fsp3) is 0.235. The molecule has 10 heteroatoms. The lowest BCUT2D eigenvalue weighted by Gasteiger charge is -2.25. The predicted molar refractivity (Wildman–Crippen MR) is 95.9 cm³/mol. The number of sulfone groups is 1. The van der Waals surface area contributed by atoms with E-state index in [4.69, 9.17) is 11.6 Å². The summed E-state index contributed by atoms with van der Waals surface area (Å²) in [5.74, 6) is -0.128. The predicted octanol–water partition coefficient (Wildman–Crippen LogP) is 3.26. The molecule has 1 N–H and O–H groups in total. The third-order valence-corrected chi connectivity index (χ3v) is 5.44. The zero-order valence-electron chi connectivity index (χ0n) is 13.9. The number of alkyl halides is 3. The van der Waals surface area contributed by atoms with Crippen LogP contribution in [0.2, 0.25) is 5.02 Å². The Hall–Kier alpha value is -2.10. The van der Waals surface area contributed by atoms with Crippen molar-refractivity contribution in [3.05, 3.63) is 59.1 Å². The summed E-state index contributed by atoms with van der Waals surface area (Å²) < 4.78 is 63.1. The summed E-state index contributed by atoms with van der Waals surface area (Å²) in [7, 11) is -3.46. The molecule has 2 aromatic carbocycles. The number of anilines is 1. The Labute approximate surface area is 158 Å². The van der Waals surface area contributed by atoms with Gasteiger partial charge in [0.1, 0.15) is 5.84 Å². The largest absolute Gasteiger partial charge is 0.440 e. The van der Waals surface area contributed by atoms with E-state index in [0.29, 0.717) is 10.7 Å². The van der Waals surface area contributed by atoms with Gasteiger partial charge in [0.25, 0.3) is 5.72 Å². The number of aliphatic hydroxyl groups is 1. The molecule has 2 aromatic rings. The van der Waals surface area contributed by atoms with Crippen LogP contribution in [0.3, 0.4) is 0 Å². The normalized spacial score (nSPS) is 20.7. The molecule has 0 saturated heterocycles. The molecule has 0 aliphatic carbocycles. The summed E-state index contributed by atoms with van der Waals surface area (Å²) in [5.41, 5.74) is -2.69. The lowest BCUT2D eigenvalue weighted by molar-refractivity contribution is -0.249. The lowest BCUT2D eigenvalue weighted by Crippen LogP contribution is -2.47. The van der Waals surface area contributed by atoms with Gasteiger partial charge in [0, 0.05) is 22.5 Å². The molecule has 0 fully saturated rings. The Balaban J connectivity index is 2.09. The number of aliphatic imine (C=N–C) groups is 1. The number of β-amino-alcohol motifs (C(OH)–C–C–N with tert-alkyl or cyclic N) is 1. The summed E-state index contributed by atoms with van der Waals surface area (Å²) in [4.78, 5) is 4.75. The number of benzene rings is 2. The van der Waals surface area contributed by atoms with Gasteiger partial charge < -0.3 is 10.0 Å². The minimum Gasteiger partial charge on any atom is -0.361 e. The Morgan fingerprint density at radius 3 is 2.15 bits per heavy atom. The van der Waals surface area contributed by atoms with E-state index in [9.17, 15) is 26.7 Å². The molecule has 0 aromatic heterocycles. The second-order valence-electron chi connectivity index (χ2n) is 6.11. The van der Waals surface area contributed by atoms with E-state index in [0.717, 1.165) is 6.26 Å². The molecule has 1 aliphatic heterocycles. The quantitative estimate of drug-likeness (QED) is 0.830. The molecule has 0 saturated carbocycles. The summed E-state index contributed by atoms with van der Waals surface area (Å²) in [6, 6.07) is 11.3. The van der Waals surface area contributed by atoms with E-state index in [1.807, 2.05) is 0 Å². The van der Waals surface area contributed by atoms with Crippen molar-refractivity contribution in [3.63, 3.8) is 0 Å². The first-order chi connectivity index (χ1) is 12.4. The molecule has 3 rings (SSSR count). The van der Waals surface area contributed by atoms with Crippen molar-refractivity contribution in [1.82, 2.24) is 0 Å². The molecule has 144 valence electrons. The second-order valence-corrected chi connectivity index (χ2v) is 8.56. The average molecular weight is 419 g/mol. The van der Waals surface area contributed by atoms with Crippen LogP contribution in [0.4, 0.5) is 18.9 Å². The van der Waals surface area contributed by atoms with Gasteiger partial charge in [-0.25, -0.2) is 13.4 Å². The fourth-order valence-electron chi connectivity index (χ4n) is 2.63. The van der Waals surface area contributed by atoms with Crippen molar-refractivity contribution < 1.29 is 26.7 Å². The van der Waals surface area contributed by atoms with Gasteiger partial charge in [0.2, 0.25) is 0 Å². The van der Waals surface area contributed by atoms with Gasteiger partial charge in [-0.3, -0.25) is 0 Å². The van der Waals surface area contributed by atoms with E-state index < -0.39 is 28.3 Å². The fourth-order valence-corrected chi connectivity index (χ4v) is 3.38. The minimum absolute atomic E-state index is 0.0222. The Kier molecular flexibility index (Phi) is 4.73. The van der Waals surface area contributed by atoms with Crippen LogP contribution in [0, 0.1) is 0 Å². The Morgan fingerprint density at radius 2 is 1.67 bits per heavy atom. The highest BCUT2D eigenvalue weighted by molar-refractivity contribution is 7.90. The summed E-state index contributed by atoms with van der Waals surface area (Å²) in [5, 5.41) is 10.5. The number of nitrogens with zero attached hydrogens (tertiary/aromatic N) is 2. The van der Waals surface area contributed by atoms with Crippen molar-refractivity contribution in [1.29, 1.82) is 0 Å². The zero-order chi connectivity index (χ0) is 20.0. The van der Waals surface area contributed by atoms with Crippen LogP contribution in [-0.2, 0) is 9.84 Å². The highest BCUT2D eigenvalue weighted by Gasteiger charge is 2.58. The van der Waals surface area contributed by atoms with Crippen LogP contribution in [0.5, 0.6) is 0 Å². The van der Waals surface area contributed by atoms with Gasteiger partial charge in [0.15, 0.2) is 9.84 Å². The molecule has 0 spiro atoms. The maximum absolute atomic E-state index is 13.3. The standard InChI is InChI=1S/C17H14ClF3N2O3S/c1-27(25,26)14-8-2-11(3-9-14)15-22-16(24,17(19,20)21)10-23(15)13-6-4-12(18)5-7-13/h2-9,24H,10H2,1H3. The van der Waals surface area contributed by atoms with Crippen molar-refractivity contribution in [2.75, 3.05) is 17.7 Å². The summed E-state index contributed by atoms with van der Waals surface area (Å²) in [6.07, 6.45) is -3.95. The van der Waals surface area contributed by atoms with Crippen molar-refractivity contribution >= 4 is 33.0 Å². The Bertz CT molecular complexity index is 990.